The SMILES string of the molecule is O=C1CC2(CCN(C(=O)/C=C/c3ccc(F)cc3)CC2)Oc2ccc(Cl)cc21. The maximum atomic E-state index is 12.9. The van der Waals surface area contributed by atoms with E-state index in [1.165, 1.54) is 18.2 Å². The van der Waals surface area contributed by atoms with E-state index in [0.717, 1.165) is 5.56 Å². The van der Waals surface area contributed by atoms with Gasteiger partial charge in [0.05, 0.1) is 12.0 Å². The van der Waals surface area contributed by atoms with Crippen LogP contribution in [0.15, 0.2) is 48.5 Å². The summed E-state index contributed by atoms with van der Waals surface area (Å²) < 4.78 is 19.1. The molecule has 1 amide bonds. The highest BCUT2D eigenvalue weighted by atomic mass is 35.5. The van der Waals surface area contributed by atoms with Gasteiger partial charge in [-0.25, -0.2) is 4.39 Å². The fourth-order valence-corrected chi connectivity index (χ4v) is 3.90. The quantitative estimate of drug-likeness (QED) is 0.697. The van der Waals surface area contributed by atoms with Gasteiger partial charge in [0.2, 0.25) is 5.91 Å². The minimum atomic E-state index is -0.560. The van der Waals surface area contributed by atoms with Gasteiger partial charge < -0.3 is 9.64 Å². The Morgan fingerprint density at radius 3 is 2.57 bits per heavy atom. The average molecular weight is 400 g/mol. The maximum absolute atomic E-state index is 12.9. The number of rotatable bonds is 2. The molecule has 144 valence electrons. The summed E-state index contributed by atoms with van der Waals surface area (Å²) in [5, 5.41) is 0.514. The van der Waals surface area contributed by atoms with E-state index in [9.17, 15) is 14.0 Å². The van der Waals surface area contributed by atoms with Crippen molar-refractivity contribution in [1.82, 2.24) is 4.90 Å². The van der Waals surface area contributed by atoms with E-state index >= 15 is 0 Å². The first kappa shape index (κ1) is 18.7. The van der Waals surface area contributed by atoms with Crippen molar-refractivity contribution in [2.45, 2.75) is 24.9 Å². The first-order valence-electron chi connectivity index (χ1n) is 9.18. The topological polar surface area (TPSA) is 46.6 Å². The molecule has 2 aliphatic heterocycles. The van der Waals surface area contributed by atoms with E-state index in [-0.39, 0.29) is 17.5 Å². The van der Waals surface area contributed by atoms with Gasteiger partial charge in [0.15, 0.2) is 5.78 Å². The number of hydrogen-bond acceptors (Lipinski definition) is 3. The molecule has 0 radical (unpaired) electrons. The molecule has 6 heteroatoms. The molecule has 0 unspecified atom stereocenters. The number of halogens is 2. The second-order valence-electron chi connectivity index (χ2n) is 7.24. The second-order valence-corrected chi connectivity index (χ2v) is 7.67. The predicted molar refractivity (Wildman–Crippen MR) is 105 cm³/mol. The molecule has 4 rings (SSSR count). The molecule has 0 N–H and O–H groups in total. The number of hydrogen-bond donors (Lipinski definition) is 0. The van der Waals surface area contributed by atoms with Gasteiger partial charge in [-0.05, 0) is 42.0 Å². The third-order valence-corrected chi connectivity index (χ3v) is 5.56. The van der Waals surface area contributed by atoms with E-state index in [1.807, 2.05) is 0 Å². The molecule has 2 aromatic rings. The Morgan fingerprint density at radius 1 is 1.14 bits per heavy atom. The number of ketones is 1. The van der Waals surface area contributed by atoms with Crippen LogP contribution in [0, 0.1) is 5.82 Å². The Hall–Kier alpha value is -2.66. The summed E-state index contributed by atoms with van der Waals surface area (Å²) in [7, 11) is 0. The summed E-state index contributed by atoms with van der Waals surface area (Å²) >= 11 is 5.98. The minimum absolute atomic E-state index is 0.0275. The Balaban J connectivity index is 1.40. The average Bonchev–Trinajstić information content (AvgIpc) is 2.69. The lowest BCUT2D eigenvalue weighted by Crippen LogP contribution is -2.52. The summed E-state index contributed by atoms with van der Waals surface area (Å²) in [6.45, 7) is 1.03. The zero-order valence-electron chi connectivity index (χ0n) is 15.2. The normalized spacial score (nSPS) is 18.2. The lowest BCUT2D eigenvalue weighted by atomic mass is 9.82. The van der Waals surface area contributed by atoms with Gasteiger partial charge in [-0.3, -0.25) is 9.59 Å². The summed E-state index contributed by atoms with van der Waals surface area (Å²) in [5.41, 5.74) is 0.730. The monoisotopic (exact) mass is 399 g/mol. The molecule has 0 atom stereocenters. The van der Waals surface area contributed by atoms with Crippen LogP contribution in [0.5, 0.6) is 5.75 Å². The van der Waals surface area contributed by atoms with Gasteiger partial charge in [-0.2, -0.15) is 0 Å². The standard InChI is InChI=1S/C22H19ClFNO3/c23-16-4-7-20-18(13-16)19(26)14-22(28-20)9-11-25(12-10-22)21(27)8-3-15-1-5-17(24)6-2-15/h1-8,13H,9-12,14H2/b8-3+. The van der Waals surface area contributed by atoms with Crippen LogP contribution in [0.4, 0.5) is 4.39 Å². The van der Waals surface area contributed by atoms with Crippen molar-refractivity contribution in [2.75, 3.05) is 13.1 Å². The molecular weight excluding hydrogens is 381 g/mol. The van der Waals surface area contributed by atoms with Crippen molar-refractivity contribution in [3.8, 4) is 5.75 Å². The highest BCUT2D eigenvalue weighted by molar-refractivity contribution is 6.31. The van der Waals surface area contributed by atoms with Gasteiger partial charge in [0.1, 0.15) is 17.2 Å². The third-order valence-electron chi connectivity index (χ3n) is 5.33. The molecule has 0 aliphatic carbocycles. The summed E-state index contributed by atoms with van der Waals surface area (Å²) in [4.78, 5) is 26.8. The first-order valence-corrected chi connectivity index (χ1v) is 9.56. The van der Waals surface area contributed by atoms with E-state index in [4.69, 9.17) is 16.3 Å². The Morgan fingerprint density at radius 2 is 1.86 bits per heavy atom. The number of benzene rings is 2. The summed E-state index contributed by atoms with van der Waals surface area (Å²) in [6.07, 6.45) is 4.66. The maximum Gasteiger partial charge on any atom is 0.246 e. The van der Waals surface area contributed by atoms with E-state index in [2.05, 4.69) is 0 Å². The van der Waals surface area contributed by atoms with Crippen LogP contribution in [0.25, 0.3) is 6.08 Å². The molecule has 28 heavy (non-hydrogen) atoms. The second kappa shape index (κ2) is 7.40. The fraction of sp³-hybridized carbons (Fsp3) is 0.273. The number of carbonyl (C=O) groups is 2. The van der Waals surface area contributed by atoms with E-state index in [1.54, 1.807) is 41.3 Å². The van der Waals surface area contributed by atoms with Crippen LogP contribution in [0.1, 0.15) is 35.2 Å². The molecule has 0 aromatic heterocycles. The number of ether oxygens (including phenoxy) is 1. The zero-order valence-corrected chi connectivity index (χ0v) is 15.9. The molecule has 1 saturated heterocycles. The number of nitrogens with zero attached hydrogens (tertiary/aromatic N) is 1. The molecule has 2 aliphatic rings. The lowest BCUT2D eigenvalue weighted by Gasteiger charge is -2.43. The van der Waals surface area contributed by atoms with E-state index < -0.39 is 5.60 Å². The van der Waals surface area contributed by atoms with E-state index in [0.29, 0.717) is 48.7 Å². The number of likely N-dealkylation sites (tertiary alicyclic amines) is 1. The molecule has 2 heterocycles. The minimum Gasteiger partial charge on any atom is -0.486 e. The Kier molecular flexibility index (Phi) is 4.94. The Labute approximate surface area is 167 Å². The smallest absolute Gasteiger partial charge is 0.246 e. The molecular formula is C22H19ClFNO3. The zero-order chi connectivity index (χ0) is 19.7. The van der Waals surface area contributed by atoms with Crippen molar-refractivity contribution in [3.05, 3.63) is 70.5 Å². The fourth-order valence-electron chi connectivity index (χ4n) is 3.73. The highest BCUT2D eigenvalue weighted by Crippen LogP contribution is 2.40. The third kappa shape index (κ3) is 3.80. The van der Waals surface area contributed by atoms with Gasteiger partial charge >= 0.3 is 0 Å². The number of fused-ring (bicyclic) bond motifs is 1. The number of piperidine rings is 1. The molecule has 0 bridgehead atoms. The van der Waals surface area contributed by atoms with Crippen molar-refractivity contribution in [3.63, 3.8) is 0 Å². The number of amides is 1. The lowest BCUT2D eigenvalue weighted by molar-refractivity contribution is -0.129. The van der Waals surface area contributed by atoms with Gasteiger partial charge in [-0.15, -0.1) is 0 Å². The summed E-state index contributed by atoms with van der Waals surface area (Å²) in [6, 6.07) is 11.1. The van der Waals surface area contributed by atoms with Crippen LogP contribution >= 0.6 is 11.6 Å². The summed E-state index contributed by atoms with van der Waals surface area (Å²) in [5.74, 6) is 0.181. The number of carbonyl (C=O) groups excluding carboxylic acids is 2. The van der Waals surface area contributed by atoms with Crippen molar-refractivity contribution >= 4 is 29.4 Å². The molecule has 0 saturated carbocycles. The molecule has 2 aromatic carbocycles. The van der Waals surface area contributed by atoms with Crippen LogP contribution in [0.3, 0.4) is 0 Å². The van der Waals surface area contributed by atoms with Crippen LogP contribution in [-0.4, -0.2) is 35.3 Å². The Bertz CT molecular complexity index is 947. The van der Waals surface area contributed by atoms with Crippen molar-refractivity contribution in [1.29, 1.82) is 0 Å². The van der Waals surface area contributed by atoms with Crippen LogP contribution in [0.2, 0.25) is 5.02 Å². The highest BCUT2D eigenvalue weighted by Gasteiger charge is 2.43. The first-order chi connectivity index (χ1) is 13.4. The number of Topliss-reactive ketones (excluding diaryl/α,β-unsaturated/α-hetero) is 1. The largest absolute Gasteiger partial charge is 0.486 e. The van der Waals surface area contributed by atoms with Crippen molar-refractivity contribution < 1.29 is 18.7 Å². The molecule has 1 fully saturated rings. The molecule has 1 spiro atoms. The van der Waals surface area contributed by atoms with Gasteiger partial charge in [0.25, 0.3) is 0 Å². The van der Waals surface area contributed by atoms with Crippen LogP contribution < -0.4 is 4.74 Å². The van der Waals surface area contributed by atoms with Crippen LogP contribution in [-0.2, 0) is 4.79 Å². The van der Waals surface area contributed by atoms with Gasteiger partial charge in [-0.1, -0.05) is 23.7 Å². The predicted octanol–water partition coefficient (Wildman–Crippen LogP) is 4.52. The van der Waals surface area contributed by atoms with Crippen molar-refractivity contribution in [2.24, 2.45) is 0 Å². The molecule has 4 nitrogen and oxygen atoms in total. The van der Waals surface area contributed by atoms with Gasteiger partial charge in [0, 0.05) is 37.0 Å².